The molecule has 0 saturated carbocycles. The third kappa shape index (κ3) is 2.31. The van der Waals surface area contributed by atoms with Gasteiger partial charge in [-0.2, -0.15) is 5.10 Å². The second kappa shape index (κ2) is 4.24. The van der Waals surface area contributed by atoms with Crippen molar-refractivity contribution in [2.24, 2.45) is 0 Å². The lowest BCUT2D eigenvalue weighted by atomic mass is 10.2. The quantitative estimate of drug-likeness (QED) is 0.866. The van der Waals surface area contributed by atoms with E-state index < -0.39 is 9.84 Å². The number of fused-ring (bicyclic) bond motifs is 1. The fourth-order valence-corrected chi connectivity index (χ4v) is 3.87. The molecule has 7 heteroatoms. The van der Waals surface area contributed by atoms with E-state index in [1.165, 1.54) is 0 Å². The lowest BCUT2D eigenvalue weighted by Gasteiger charge is -2.23. The van der Waals surface area contributed by atoms with Crippen LogP contribution in [0, 0.1) is 0 Å². The van der Waals surface area contributed by atoms with E-state index in [0.29, 0.717) is 11.6 Å². The largest absolute Gasteiger partial charge is 0.366 e. The van der Waals surface area contributed by atoms with Crippen LogP contribution in [0.15, 0.2) is 24.5 Å². The van der Waals surface area contributed by atoms with Crippen LogP contribution in [0.2, 0.25) is 0 Å². The smallest absolute Gasteiger partial charge is 0.157 e. The highest BCUT2D eigenvalue weighted by Crippen LogP contribution is 2.16. The fraction of sp³-hybridized carbons (Fsp3) is 0.455. The Hall–Kier alpha value is -1.63. The Balaban J connectivity index is 1.79. The zero-order valence-corrected chi connectivity index (χ0v) is 10.6. The summed E-state index contributed by atoms with van der Waals surface area (Å²) in [6.07, 6.45) is 5.07. The summed E-state index contributed by atoms with van der Waals surface area (Å²) in [6, 6.07) is 3.57. The van der Waals surface area contributed by atoms with Crippen LogP contribution in [-0.2, 0) is 9.84 Å². The van der Waals surface area contributed by atoms with Crippen molar-refractivity contribution in [2.45, 2.75) is 18.9 Å². The van der Waals surface area contributed by atoms with Gasteiger partial charge in [0.05, 0.1) is 17.7 Å². The lowest BCUT2D eigenvalue weighted by molar-refractivity contribution is 0.561. The van der Waals surface area contributed by atoms with E-state index in [1.54, 1.807) is 16.8 Å². The maximum Gasteiger partial charge on any atom is 0.157 e. The molecule has 1 atom stereocenters. The van der Waals surface area contributed by atoms with Crippen molar-refractivity contribution in [3.8, 4) is 0 Å². The first-order valence-corrected chi connectivity index (χ1v) is 7.72. The lowest BCUT2D eigenvalue weighted by Crippen LogP contribution is -2.35. The summed E-state index contributed by atoms with van der Waals surface area (Å²) >= 11 is 0. The van der Waals surface area contributed by atoms with Gasteiger partial charge in [-0.05, 0) is 18.9 Å². The molecule has 2 aromatic heterocycles. The Morgan fingerprint density at radius 3 is 3.11 bits per heavy atom. The van der Waals surface area contributed by atoms with Crippen LogP contribution in [-0.4, -0.2) is 40.6 Å². The highest BCUT2D eigenvalue weighted by atomic mass is 32.2. The SMILES string of the molecule is O=S1(=O)CCCC(Nc2ccn3nccc3n2)C1. The highest BCUT2D eigenvalue weighted by Gasteiger charge is 2.24. The predicted molar refractivity (Wildman–Crippen MR) is 68.3 cm³/mol. The first-order valence-electron chi connectivity index (χ1n) is 5.90. The first kappa shape index (κ1) is 11.5. The van der Waals surface area contributed by atoms with Crippen molar-refractivity contribution in [3.05, 3.63) is 24.5 Å². The van der Waals surface area contributed by atoms with Gasteiger partial charge in [0.1, 0.15) is 5.82 Å². The van der Waals surface area contributed by atoms with Crippen LogP contribution in [0.4, 0.5) is 5.82 Å². The summed E-state index contributed by atoms with van der Waals surface area (Å²) in [7, 11) is -2.89. The molecule has 1 unspecified atom stereocenters. The molecule has 0 radical (unpaired) electrons. The van der Waals surface area contributed by atoms with E-state index in [2.05, 4.69) is 15.4 Å². The number of hydrogen-bond donors (Lipinski definition) is 1. The minimum atomic E-state index is -2.89. The number of anilines is 1. The summed E-state index contributed by atoms with van der Waals surface area (Å²) < 4.78 is 24.8. The Morgan fingerprint density at radius 2 is 2.28 bits per heavy atom. The minimum Gasteiger partial charge on any atom is -0.366 e. The topological polar surface area (TPSA) is 76.4 Å². The van der Waals surface area contributed by atoms with Gasteiger partial charge in [-0.25, -0.2) is 17.9 Å². The zero-order chi connectivity index (χ0) is 12.6. The van der Waals surface area contributed by atoms with Gasteiger partial charge in [-0.1, -0.05) is 0 Å². The Morgan fingerprint density at radius 1 is 1.39 bits per heavy atom. The molecular weight excluding hydrogens is 252 g/mol. The van der Waals surface area contributed by atoms with E-state index in [-0.39, 0.29) is 11.8 Å². The first-order chi connectivity index (χ1) is 8.62. The normalized spacial score (nSPS) is 23.0. The maximum absolute atomic E-state index is 11.5. The van der Waals surface area contributed by atoms with E-state index >= 15 is 0 Å². The molecule has 18 heavy (non-hydrogen) atoms. The van der Waals surface area contributed by atoms with Gasteiger partial charge in [0, 0.05) is 18.3 Å². The summed E-state index contributed by atoms with van der Waals surface area (Å²) in [6.45, 7) is 0. The Kier molecular flexibility index (Phi) is 2.70. The zero-order valence-electron chi connectivity index (χ0n) is 9.78. The molecule has 6 nitrogen and oxygen atoms in total. The molecule has 1 fully saturated rings. The fourth-order valence-electron chi connectivity index (χ4n) is 2.24. The number of sulfone groups is 1. The monoisotopic (exact) mass is 266 g/mol. The molecular formula is C11H14N4O2S. The molecule has 3 rings (SSSR count). The van der Waals surface area contributed by atoms with Crippen molar-refractivity contribution >= 4 is 21.3 Å². The molecule has 1 aliphatic heterocycles. The average Bonchev–Trinajstić information content (AvgIpc) is 2.74. The molecule has 0 spiro atoms. The van der Waals surface area contributed by atoms with Gasteiger partial charge < -0.3 is 5.32 Å². The Bertz CT molecular complexity index is 664. The van der Waals surface area contributed by atoms with E-state index in [4.69, 9.17) is 0 Å². The van der Waals surface area contributed by atoms with E-state index in [0.717, 1.165) is 18.5 Å². The van der Waals surface area contributed by atoms with Crippen molar-refractivity contribution in [1.82, 2.24) is 14.6 Å². The van der Waals surface area contributed by atoms with E-state index in [9.17, 15) is 8.42 Å². The van der Waals surface area contributed by atoms with Crippen molar-refractivity contribution in [2.75, 3.05) is 16.8 Å². The number of rotatable bonds is 2. The summed E-state index contributed by atoms with van der Waals surface area (Å²) in [5.74, 6) is 1.20. The number of nitrogens with one attached hydrogen (secondary N) is 1. The maximum atomic E-state index is 11.5. The summed E-state index contributed by atoms with van der Waals surface area (Å²) in [5.41, 5.74) is 0.749. The summed E-state index contributed by atoms with van der Waals surface area (Å²) in [5, 5.41) is 7.25. The van der Waals surface area contributed by atoms with Crippen LogP contribution in [0.1, 0.15) is 12.8 Å². The molecule has 0 aromatic carbocycles. The molecule has 0 aliphatic carbocycles. The minimum absolute atomic E-state index is 0.0402. The standard InChI is InChI=1S/C11H14N4O2S/c16-18(17)7-1-2-9(8-18)13-10-4-6-15-11(14-10)3-5-12-15/h3-6,9H,1-2,7-8H2,(H,13,14). The van der Waals surface area contributed by atoms with Crippen LogP contribution in [0.25, 0.3) is 5.65 Å². The molecule has 1 aliphatic rings. The van der Waals surface area contributed by atoms with Crippen LogP contribution < -0.4 is 5.32 Å². The second-order valence-electron chi connectivity index (χ2n) is 4.54. The van der Waals surface area contributed by atoms with Gasteiger partial charge in [0.2, 0.25) is 0 Å². The molecule has 96 valence electrons. The van der Waals surface area contributed by atoms with Gasteiger partial charge in [-0.3, -0.25) is 0 Å². The second-order valence-corrected chi connectivity index (χ2v) is 6.77. The Labute approximate surface area is 105 Å². The van der Waals surface area contributed by atoms with Crippen LogP contribution in [0.3, 0.4) is 0 Å². The predicted octanol–water partition coefficient (Wildman–Crippen LogP) is 0.718. The molecule has 1 N–H and O–H groups in total. The van der Waals surface area contributed by atoms with Crippen LogP contribution in [0.5, 0.6) is 0 Å². The molecule has 0 amide bonds. The van der Waals surface area contributed by atoms with Crippen molar-refractivity contribution < 1.29 is 8.42 Å². The van der Waals surface area contributed by atoms with Gasteiger partial charge in [0.25, 0.3) is 0 Å². The van der Waals surface area contributed by atoms with Gasteiger partial charge in [-0.15, -0.1) is 0 Å². The highest BCUT2D eigenvalue weighted by molar-refractivity contribution is 7.91. The molecule has 2 aromatic rings. The summed E-state index contributed by atoms with van der Waals surface area (Å²) in [4.78, 5) is 4.37. The van der Waals surface area contributed by atoms with Crippen molar-refractivity contribution in [3.63, 3.8) is 0 Å². The number of aromatic nitrogens is 3. The molecule has 1 saturated heterocycles. The third-order valence-corrected chi connectivity index (χ3v) is 4.89. The van der Waals surface area contributed by atoms with Gasteiger partial charge in [0.15, 0.2) is 15.5 Å². The van der Waals surface area contributed by atoms with Crippen LogP contribution >= 0.6 is 0 Å². The van der Waals surface area contributed by atoms with Gasteiger partial charge >= 0.3 is 0 Å². The van der Waals surface area contributed by atoms with Crippen molar-refractivity contribution in [1.29, 1.82) is 0 Å². The molecule has 3 heterocycles. The third-order valence-electron chi connectivity index (χ3n) is 3.07. The number of nitrogens with zero attached hydrogens (tertiary/aromatic N) is 3. The molecule has 0 bridgehead atoms. The van der Waals surface area contributed by atoms with E-state index in [1.807, 2.05) is 12.3 Å². The number of hydrogen-bond acceptors (Lipinski definition) is 5. The average molecular weight is 266 g/mol.